The van der Waals surface area contributed by atoms with Crippen molar-refractivity contribution in [3.63, 3.8) is 0 Å². The highest BCUT2D eigenvalue weighted by Gasteiger charge is 2.34. The van der Waals surface area contributed by atoms with E-state index < -0.39 is 29.9 Å². The predicted octanol–water partition coefficient (Wildman–Crippen LogP) is 2.33. The zero-order chi connectivity index (χ0) is 32.6. The lowest BCUT2D eigenvalue weighted by molar-refractivity contribution is -0.141. The number of ether oxygens (including phenoxy) is 1. The molecule has 0 saturated carbocycles. The van der Waals surface area contributed by atoms with Gasteiger partial charge < -0.3 is 37.1 Å². The number of hydrogen-bond donors (Lipinski definition) is 6. The molecule has 0 heterocycles. The van der Waals surface area contributed by atoms with Crippen molar-refractivity contribution in [1.82, 2.24) is 20.9 Å². The second-order valence-electron chi connectivity index (χ2n) is 10.3. The quantitative estimate of drug-likeness (QED) is 0.0616. The Morgan fingerprint density at radius 2 is 1.40 bits per heavy atom. The fourth-order valence-electron chi connectivity index (χ4n) is 4.81. The molecule has 12 nitrogen and oxygen atoms in total. The Balaban J connectivity index is 1.84. The molecule has 0 saturated heterocycles. The van der Waals surface area contributed by atoms with Crippen LogP contribution in [0.3, 0.4) is 0 Å². The fourth-order valence-corrected chi connectivity index (χ4v) is 4.81. The van der Waals surface area contributed by atoms with Crippen molar-refractivity contribution in [1.29, 1.82) is 5.41 Å². The number of hydrogen-bond acceptors (Lipinski definition) is 6. The van der Waals surface area contributed by atoms with Gasteiger partial charge in [0.1, 0.15) is 12.6 Å². The third-order valence-electron chi connectivity index (χ3n) is 7.00. The van der Waals surface area contributed by atoms with Crippen LogP contribution in [0.5, 0.6) is 0 Å². The molecule has 1 atom stereocenters. The normalized spacial score (nSPS) is 11.2. The summed E-state index contributed by atoms with van der Waals surface area (Å²) < 4.78 is 4.79. The van der Waals surface area contributed by atoms with Gasteiger partial charge in [-0.1, -0.05) is 84.9 Å². The third kappa shape index (κ3) is 11.0. The molecule has 8 N–H and O–H groups in total. The summed E-state index contributed by atoms with van der Waals surface area (Å²) >= 11 is 0. The summed E-state index contributed by atoms with van der Waals surface area (Å²) in [5.41, 5.74) is 14.4. The van der Waals surface area contributed by atoms with E-state index in [0.717, 1.165) is 22.3 Å². The van der Waals surface area contributed by atoms with E-state index in [1.807, 2.05) is 84.9 Å². The van der Waals surface area contributed by atoms with Crippen molar-refractivity contribution in [2.75, 3.05) is 19.7 Å². The summed E-state index contributed by atoms with van der Waals surface area (Å²) in [6.07, 6.45) is 0.710. The molecule has 3 aromatic rings. The van der Waals surface area contributed by atoms with Gasteiger partial charge in [0, 0.05) is 19.6 Å². The van der Waals surface area contributed by atoms with Gasteiger partial charge in [-0.25, -0.2) is 4.79 Å². The predicted molar refractivity (Wildman–Crippen MR) is 171 cm³/mol. The van der Waals surface area contributed by atoms with Crippen molar-refractivity contribution in [2.24, 2.45) is 11.5 Å². The van der Waals surface area contributed by atoms with Gasteiger partial charge in [-0.3, -0.25) is 19.8 Å². The molecule has 0 spiro atoms. The molecule has 0 aliphatic heterocycles. The number of primary amides is 1. The number of esters is 1. The zero-order valence-electron chi connectivity index (χ0n) is 25.3. The average Bonchev–Trinajstić information content (AvgIpc) is 3.03. The molecule has 4 amide bonds. The maximum Gasteiger partial charge on any atom is 0.325 e. The monoisotopic (exact) mass is 615 g/mol. The van der Waals surface area contributed by atoms with Crippen molar-refractivity contribution < 1.29 is 23.9 Å². The molecule has 0 aliphatic carbocycles. The lowest BCUT2D eigenvalue weighted by atomic mass is 9.89. The molecule has 0 unspecified atom stereocenters. The standard InChI is InChI=1S/C33H41N7O5/c1-2-45-28(41)21-39-33(44)38-20-23-15-17-24(18-16-23)22-40(27(30(34)42)14-9-19-37-32(35)36)31(43)29(25-10-5-3-6-11-25)26-12-7-4-8-13-26/h3-8,10-13,15-18,27,29H,2,9,14,19-22H2,1H3,(H2,34,42)(H4,35,36,37)(H2,38,39,44)/t27-/m0/s1. The van der Waals surface area contributed by atoms with Crippen LogP contribution in [0.25, 0.3) is 0 Å². The number of carbonyl (C=O) groups excluding carboxylic acids is 4. The van der Waals surface area contributed by atoms with Gasteiger partial charge in [0.05, 0.1) is 12.5 Å². The Labute approximate surface area is 263 Å². The molecular weight excluding hydrogens is 574 g/mol. The van der Waals surface area contributed by atoms with Crippen LogP contribution in [0.2, 0.25) is 0 Å². The van der Waals surface area contributed by atoms with Crippen molar-refractivity contribution in [3.8, 4) is 0 Å². The zero-order valence-corrected chi connectivity index (χ0v) is 25.3. The van der Waals surface area contributed by atoms with Crippen LogP contribution >= 0.6 is 0 Å². The molecule has 0 aromatic heterocycles. The van der Waals surface area contributed by atoms with E-state index in [1.54, 1.807) is 6.92 Å². The largest absolute Gasteiger partial charge is 0.465 e. The highest BCUT2D eigenvalue weighted by atomic mass is 16.5. The second-order valence-corrected chi connectivity index (χ2v) is 10.3. The van der Waals surface area contributed by atoms with Gasteiger partial charge in [0.25, 0.3) is 0 Å². The summed E-state index contributed by atoms with van der Waals surface area (Å²) in [6, 6.07) is 24.6. The van der Waals surface area contributed by atoms with E-state index in [4.69, 9.17) is 21.6 Å². The summed E-state index contributed by atoms with van der Waals surface area (Å²) in [5.74, 6) is -2.30. The number of benzene rings is 3. The molecule has 238 valence electrons. The minimum atomic E-state index is -0.925. The van der Waals surface area contributed by atoms with Crippen molar-refractivity contribution in [3.05, 3.63) is 107 Å². The minimum absolute atomic E-state index is 0.108. The van der Waals surface area contributed by atoms with Crippen LogP contribution < -0.4 is 27.4 Å². The van der Waals surface area contributed by atoms with Crippen LogP contribution in [0.4, 0.5) is 4.79 Å². The molecule has 0 radical (unpaired) electrons. The Bertz CT molecular complexity index is 1380. The van der Waals surface area contributed by atoms with Crippen LogP contribution in [0.15, 0.2) is 84.9 Å². The molecule has 45 heavy (non-hydrogen) atoms. The van der Waals surface area contributed by atoms with Crippen LogP contribution in [-0.4, -0.2) is 60.4 Å². The first-order chi connectivity index (χ1) is 21.7. The number of amides is 4. The van der Waals surface area contributed by atoms with E-state index in [2.05, 4.69) is 16.0 Å². The Hall–Kier alpha value is -5.39. The summed E-state index contributed by atoms with van der Waals surface area (Å²) in [7, 11) is 0. The van der Waals surface area contributed by atoms with E-state index in [-0.39, 0.29) is 44.5 Å². The van der Waals surface area contributed by atoms with Gasteiger partial charge in [-0.2, -0.15) is 0 Å². The number of urea groups is 1. The van der Waals surface area contributed by atoms with Gasteiger partial charge in [-0.15, -0.1) is 0 Å². The molecule has 0 bridgehead atoms. The van der Waals surface area contributed by atoms with Crippen LogP contribution in [0.1, 0.15) is 47.9 Å². The molecule has 12 heteroatoms. The molecule has 0 aliphatic rings. The SMILES string of the molecule is CCOC(=O)CNC(=O)NCc1ccc(CN(C(=O)C(c2ccccc2)c2ccccc2)[C@@H](CCCNC(=N)N)C(N)=O)cc1. The highest BCUT2D eigenvalue weighted by molar-refractivity contribution is 5.92. The first kappa shape index (κ1) is 34.1. The van der Waals surface area contributed by atoms with Gasteiger partial charge in [0.15, 0.2) is 5.96 Å². The summed E-state index contributed by atoms with van der Waals surface area (Å²) in [4.78, 5) is 52.4. The van der Waals surface area contributed by atoms with Gasteiger partial charge in [-0.05, 0) is 42.0 Å². The molecule has 3 aromatic carbocycles. The molecule has 0 fully saturated rings. The van der Waals surface area contributed by atoms with Crippen LogP contribution in [-0.2, 0) is 32.2 Å². The Morgan fingerprint density at radius 1 is 0.822 bits per heavy atom. The maximum absolute atomic E-state index is 14.5. The topological polar surface area (TPSA) is 193 Å². The number of rotatable bonds is 16. The van der Waals surface area contributed by atoms with E-state index in [1.165, 1.54) is 4.90 Å². The number of nitrogens with two attached hydrogens (primary N) is 2. The second kappa shape index (κ2) is 17.7. The summed E-state index contributed by atoms with van der Waals surface area (Å²) in [6.45, 7) is 2.33. The smallest absolute Gasteiger partial charge is 0.325 e. The van der Waals surface area contributed by atoms with Crippen LogP contribution in [0, 0.1) is 5.41 Å². The molecular formula is C33H41N7O5. The summed E-state index contributed by atoms with van der Waals surface area (Å²) in [5, 5.41) is 15.2. The Morgan fingerprint density at radius 3 is 1.93 bits per heavy atom. The maximum atomic E-state index is 14.5. The number of guanidine groups is 1. The first-order valence-electron chi connectivity index (χ1n) is 14.7. The fraction of sp³-hybridized carbons (Fsp3) is 0.303. The highest BCUT2D eigenvalue weighted by Crippen LogP contribution is 2.29. The molecule has 3 rings (SSSR count). The van der Waals surface area contributed by atoms with Gasteiger partial charge in [0.2, 0.25) is 11.8 Å². The lowest BCUT2D eigenvalue weighted by Gasteiger charge is -2.33. The number of carbonyl (C=O) groups is 4. The van der Waals surface area contributed by atoms with E-state index in [0.29, 0.717) is 13.0 Å². The first-order valence-corrected chi connectivity index (χ1v) is 14.7. The minimum Gasteiger partial charge on any atom is -0.465 e. The number of nitrogens with zero attached hydrogens (tertiary/aromatic N) is 1. The lowest BCUT2D eigenvalue weighted by Crippen LogP contribution is -2.49. The van der Waals surface area contributed by atoms with Gasteiger partial charge >= 0.3 is 12.0 Å². The average molecular weight is 616 g/mol. The Kier molecular flexibility index (Phi) is 13.4. The van der Waals surface area contributed by atoms with Crippen molar-refractivity contribution >= 4 is 29.8 Å². The number of nitrogens with one attached hydrogen (secondary N) is 4. The van der Waals surface area contributed by atoms with E-state index >= 15 is 0 Å². The van der Waals surface area contributed by atoms with E-state index in [9.17, 15) is 19.2 Å². The van der Waals surface area contributed by atoms with Crippen molar-refractivity contribution in [2.45, 2.75) is 44.8 Å². The third-order valence-corrected chi connectivity index (χ3v) is 7.00.